The summed E-state index contributed by atoms with van der Waals surface area (Å²) in [5.74, 6) is -1.25. The summed E-state index contributed by atoms with van der Waals surface area (Å²) in [6, 6.07) is 18.3. The van der Waals surface area contributed by atoms with Crippen molar-refractivity contribution in [3.8, 4) is 5.69 Å². The van der Waals surface area contributed by atoms with Crippen LogP contribution in [-0.2, 0) is 4.79 Å². The fraction of sp³-hybridized carbons (Fsp3) is 0.125. The summed E-state index contributed by atoms with van der Waals surface area (Å²) in [7, 11) is 0. The monoisotopic (exact) mass is 451 g/mol. The summed E-state index contributed by atoms with van der Waals surface area (Å²) in [6.45, 7) is 1.79. The van der Waals surface area contributed by atoms with Gasteiger partial charge in [0, 0.05) is 0 Å². The highest BCUT2D eigenvalue weighted by molar-refractivity contribution is 7.99. The van der Waals surface area contributed by atoms with Gasteiger partial charge >= 0.3 is 0 Å². The van der Waals surface area contributed by atoms with Crippen molar-refractivity contribution in [3.05, 3.63) is 100 Å². The first kappa shape index (κ1) is 21.7. The van der Waals surface area contributed by atoms with Gasteiger partial charge in [-0.25, -0.2) is 13.8 Å². The maximum Gasteiger partial charge on any atom is 0.266 e. The van der Waals surface area contributed by atoms with Crippen molar-refractivity contribution in [1.29, 1.82) is 0 Å². The fourth-order valence-electron chi connectivity index (χ4n) is 3.30. The number of carbonyl (C=O) groups excluding carboxylic acids is 1. The van der Waals surface area contributed by atoms with Gasteiger partial charge in [0.25, 0.3) is 5.56 Å². The molecule has 0 aliphatic carbocycles. The molecule has 4 aromatic rings. The SMILES string of the molecule is CC(NC(=O)CSc1nc2ccccc2c(=O)n1-c1ccccc1F)c1ccc(F)cc1. The largest absolute Gasteiger partial charge is 0.349 e. The Morgan fingerprint density at radius 1 is 1.03 bits per heavy atom. The smallest absolute Gasteiger partial charge is 0.266 e. The van der Waals surface area contributed by atoms with E-state index in [2.05, 4.69) is 10.3 Å². The van der Waals surface area contributed by atoms with E-state index in [1.165, 1.54) is 34.9 Å². The Morgan fingerprint density at radius 2 is 1.72 bits per heavy atom. The molecule has 0 saturated heterocycles. The molecule has 0 fully saturated rings. The first-order chi connectivity index (χ1) is 15.4. The lowest BCUT2D eigenvalue weighted by Crippen LogP contribution is -2.29. The minimum absolute atomic E-state index is 0.0369. The highest BCUT2D eigenvalue weighted by atomic mass is 32.2. The first-order valence-corrected chi connectivity index (χ1v) is 10.9. The standard InChI is InChI=1S/C24H19F2N3O2S/c1-15(16-10-12-17(25)13-11-16)27-22(30)14-32-24-28-20-8-4-2-6-18(20)23(31)29(24)21-9-5-3-7-19(21)26/h2-13,15H,14H2,1H3,(H,27,30). The van der Waals surface area contributed by atoms with Gasteiger partial charge in [-0.05, 0) is 48.9 Å². The van der Waals surface area contributed by atoms with Crippen LogP contribution in [0.3, 0.4) is 0 Å². The van der Waals surface area contributed by atoms with E-state index in [1.807, 2.05) is 0 Å². The number of aromatic nitrogens is 2. The van der Waals surface area contributed by atoms with Gasteiger partial charge in [-0.2, -0.15) is 0 Å². The lowest BCUT2D eigenvalue weighted by atomic mass is 10.1. The van der Waals surface area contributed by atoms with Crippen LogP contribution < -0.4 is 10.9 Å². The third-order valence-electron chi connectivity index (χ3n) is 4.92. The minimum atomic E-state index is -0.567. The Kier molecular flexibility index (Phi) is 6.32. The van der Waals surface area contributed by atoms with Gasteiger partial charge in [-0.3, -0.25) is 14.2 Å². The maximum absolute atomic E-state index is 14.5. The van der Waals surface area contributed by atoms with Gasteiger partial charge in [0.1, 0.15) is 11.6 Å². The second-order valence-corrected chi connectivity index (χ2v) is 8.08. The van der Waals surface area contributed by atoms with Crippen molar-refractivity contribution in [3.63, 3.8) is 0 Å². The molecule has 5 nitrogen and oxygen atoms in total. The quantitative estimate of drug-likeness (QED) is 0.343. The Labute approximate surface area is 187 Å². The molecular weight excluding hydrogens is 432 g/mol. The summed E-state index contributed by atoms with van der Waals surface area (Å²) < 4.78 is 28.8. The fourth-order valence-corrected chi connectivity index (χ4v) is 4.12. The Balaban J connectivity index is 1.61. The second kappa shape index (κ2) is 9.32. The van der Waals surface area contributed by atoms with Crippen molar-refractivity contribution in [2.45, 2.75) is 18.1 Å². The summed E-state index contributed by atoms with van der Waals surface area (Å²) in [5, 5.41) is 3.40. The number of hydrogen-bond acceptors (Lipinski definition) is 4. The van der Waals surface area contributed by atoms with Gasteiger partial charge in [0.05, 0.1) is 28.4 Å². The number of amides is 1. The molecule has 0 radical (unpaired) electrons. The number of benzene rings is 3. The van der Waals surface area contributed by atoms with Crippen LogP contribution >= 0.6 is 11.8 Å². The zero-order chi connectivity index (χ0) is 22.7. The Hall–Kier alpha value is -3.52. The molecule has 0 bridgehead atoms. The molecule has 0 saturated carbocycles. The van der Waals surface area contributed by atoms with E-state index in [1.54, 1.807) is 49.4 Å². The number of para-hydroxylation sites is 2. The summed E-state index contributed by atoms with van der Waals surface area (Å²) in [4.78, 5) is 30.2. The molecular formula is C24H19F2N3O2S. The number of thioether (sulfide) groups is 1. The van der Waals surface area contributed by atoms with Gasteiger partial charge < -0.3 is 5.32 Å². The second-order valence-electron chi connectivity index (χ2n) is 7.13. The van der Waals surface area contributed by atoms with E-state index < -0.39 is 11.4 Å². The van der Waals surface area contributed by atoms with Crippen molar-refractivity contribution in [1.82, 2.24) is 14.9 Å². The zero-order valence-electron chi connectivity index (χ0n) is 17.1. The van der Waals surface area contributed by atoms with Crippen LogP contribution in [0, 0.1) is 11.6 Å². The highest BCUT2D eigenvalue weighted by Gasteiger charge is 2.17. The van der Waals surface area contributed by atoms with Crippen LogP contribution in [0.15, 0.2) is 82.7 Å². The van der Waals surface area contributed by atoms with Crippen LogP contribution in [0.4, 0.5) is 8.78 Å². The summed E-state index contributed by atoms with van der Waals surface area (Å²) in [5.41, 5.74) is 0.881. The molecule has 1 N–H and O–H groups in total. The predicted molar refractivity (Wildman–Crippen MR) is 121 cm³/mol. The normalized spacial score (nSPS) is 12.0. The number of rotatable bonds is 6. The third kappa shape index (κ3) is 4.55. The van der Waals surface area contributed by atoms with Gasteiger partial charge in [-0.1, -0.05) is 48.2 Å². The topological polar surface area (TPSA) is 64.0 Å². The molecule has 8 heteroatoms. The number of halogens is 2. The molecule has 0 aliphatic heterocycles. The first-order valence-electron chi connectivity index (χ1n) is 9.88. The number of nitrogens with one attached hydrogen (secondary N) is 1. The van der Waals surface area contributed by atoms with E-state index in [0.29, 0.717) is 10.9 Å². The van der Waals surface area contributed by atoms with Crippen LogP contribution in [0.25, 0.3) is 16.6 Å². The summed E-state index contributed by atoms with van der Waals surface area (Å²) >= 11 is 1.04. The third-order valence-corrected chi connectivity index (χ3v) is 5.86. The van der Waals surface area contributed by atoms with Crippen LogP contribution in [0.2, 0.25) is 0 Å². The average molecular weight is 451 g/mol. The number of fused-ring (bicyclic) bond motifs is 1. The van der Waals surface area contributed by atoms with Crippen molar-refractivity contribution >= 4 is 28.6 Å². The molecule has 0 spiro atoms. The van der Waals surface area contributed by atoms with E-state index in [4.69, 9.17) is 0 Å². The number of carbonyl (C=O) groups is 1. The molecule has 3 aromatic carbocycles. The van der Waals surface area contributed by atoms with Crippen molar-refractivity contribution in [2.75, 3.05) is 5.75 Å². The Bertz CT molecular complexity index is 1340. The molecule has 0 aliphatic rings. The molecule has 1 heterocycles. The number of nitrogens with zero attached hydrogens (tertiary/aromatic N) is 2. The average Bonchev–Trinajstić information content (AvgIpc) is 2.79. The predicted octanol–water partition coefficient (Wildman–Crippen LogP) is 4.63. The van der Waals surface area contributed by atoms with E-state index >= 15 is 0 Å². The van der Waals surface area contributed by atoms with Gasteiger partial charge in [0.2, 0.25) is 5.91 Å². The van der Waals surface area contributed by atoms with E-state index in [0.717, 1.165) is 17.3 Å². The Morgan fingerprint density at radius 3 is 2.47 bits per heavy atom. The van der Waals surface area contributed by atoms with Gasteiger partial charge in [-0.15, -0.1) is 0 Å². The molecule has 1 aromatic heterocycles. The molecule has 32 heavy (non-hydrogen) atoms. The molecule has 162 valence electrons. The summed E-state index contributed by atoms with van der Waals surface area (Å²) in [6.07, 6.45) is 0. The molecule has 1 atom stereocenters. The maximum atomic E-state index is 14.5. The molecule has 4 rings (SSSR count). The molecule has 1 unspecified atom stereocenters. The molecule has 1 amide bonds. The minimum Gasteiger partial charge on any atom is -0.349 e. The lowest BCUT2D eigenvalue weighted by molar-refractivity contribution is -0.119. The highest BCUT2D eigenvalue weighted by Crippen LogP contribution is 2.23. The van der Waals surface area contributed by atoms with Crippen LogP contribution in [-0.4, -0.2) is 21.2 Å². The van der Waals surface area contributed by atoms with Gasteiger partial charge in [0.15, 0.2) is 5.16 Å². The number of hydrogen-bond donors (Lipinski definition) is 1. The van der Waals surface area contributed by atoms with Crippen LogP contribution in [0.1, 0.15) is 18.5 Å². The van der Waals surface area contributed by atoms with E-state index in [-0.39, 0.29) is 34.4 Å². The van der Waals surface area contributed by atoms with Crippen molar-refractivity contribution in [2.24, 2.45) is 0 Å². The zero-order valence-corrected chi connectivity index (χ0v) is 17.9. The van der Waals surface area contributed by atoms with Crippen LogP contribution in [0.5, 0.6) is 0 Å². The lowest BCUT2D eigenvalue weighted by Gasteiger charge is -2.16. The van der Waals surface area contributed by atoms with Crippen molar-refractivity contribution < 1.29 is 13.6 Å². The van der Waals surface area contributed by atoms with E-state index in [9.17, 15) is 18.4 Å².